The number of esters is 2. The first-order chi connectivity index (χ1) is 13.3. The van der Waals surface area contributed by atoms with Crippen LogP contribution in [0.3, 0.4) is 0 Å². The van der Waals surface area contributed by atoms with Gasteiger partial charge in [0.2, 0.25) is 0 Å². The summed E-state index contributed by atoms with van der Waals surface area (Å²) in [4.78, 5) is 24.7. The van der Waals surface area contributed by atoms with Crippen molar-refractivity contribution in [1.82, 2.24) is 0 Å². The minimum absolute atomic E-state index is 0.0368. The molecule has 0 N–H and O–H groups in total. The van der Waals surface area contributed by atoms with E-state index in [0.717, 1.165) is 24.0 Å². The van der Waals surface area contributed by atoms with Crippen LogP contribution in [0.15, 0.2) is 42.5 Å². The Kier molecular flexibility index (Phi) is 7.38. The van der Waals surface area contributed by atoms with Gasteiger partial charge >= 0.3 is 11.9 Å². The largest absolute Gasteiger partial charge is 0.466 e. The van der Waals surface area contributed by atoms with Crippen molar-refractivity contribution in [2.75, 3.05) is 6.61 Å². The minimum atomic E-state index is -0.436. The van der Waals surface area contributed by atoms with Gasteiger partial charge in [0.05, 0.1) is 18.6 Å². The summed E-state index contributed by atoms with van der Waals surface area (Å²) < 4.78 is 10.8. The van der Waals surface area contributed by atoms with Crippen molar-refractivity contribution in [3.05, 3.63) is 64.7 Å². The van der Waals surface area contributed by atoms with E-state index in [1.807, 2.05) is 19.1 Å². The van der Waals surface area contributed by atoms with Crippen molar-refractivity contribution in [2.24, 2.45) is 0 Å². The third-order valence-electron chi connectivity index (χ3n) is 4.85. The molecule has 2 rings (SSSR count). The molecule has 0 atom stereocenters. The van der Waals surface area contributed by atoms with Crippen molar-refractivity contribution in [3.63, 3.8) is 0 Å². The summed E-state index contributed by atoms with van der Waals surface area (Å²) >= 11 is 0. The van der Waals surface area contributed by atoms with E-state index in [1.165, 1.54) is 0 Å². The second kappa shape index (κ2) is 9.54. The third-order valence-corrected chi connectivity index (χ3v) is 4.85. The van der Waals surface area contributed by atoms with Gasteiger partial charge in [0.15, 0.2) is 0 Å². The maximum Gasteiger partial charge on any atom is 0.343 e. The molecule has 0 aliphatic carbocycles. The summed E-state index contributed by atoms with van der Waals surface area (Å²) in [5, 5.41) is 0. The van der Waals surface area contributed by atoms with E-state index in [4.69, 9.17) is 9.47 Å². The van der Waals surface area contributed by atoms with Crippen LogP contribution in [0.4, 0.5) is 0 Å². The van der Waals surface area contributed by atoms with Crippen molar-refractivity contribution >= 4 is 11.9 Å². The van der Waals surface area contributed by atoms with E-state index in [9.17, 15) is 9.59 Å². The van der Waals surface area contributed by atoms with E-state index in [2.05, 4.69) is 26.8 Å². The fraction of sp³-hybridized carbons (Fsp3) is 0.417. The van der Waals surface area contributed by atoms with Crippen LogP contribution in [0, 0.1) is 6.92 Å². The monoisotopic (exact) mass is 382 g/mol. The molecule has 2 aromatic carbocycles. The summed E-state index contributed by atoms with van der Waals surface area (Å²) in [6.07, 6.45) is 2.15. The molecule has 0 saturated carbocycles. The molecule has 0 saturated heterocycles. The van der Waals surface area contributed by atoms with Gasteiger partial charge in [-0.05, 0) is 48.9 Å². The van der Waals surface area contributed by atoms with Gasteiger partial charge in [-0.2, -0.15) is 0 Å². The number of hydrogen-bond acceptors (Lipinski definition) is 4. The SMILES string of the molecule is CCCC(C)(C)c1cc(C)c(OC(=O)c2ccccc2)c(CC(=O)OCC)c1. The Bertz CT molecular complexity index is 822. The first-order valence-electron chi connectivity index (χ1n) is 9.85. The zero-order valence-electron chi connectivity index (χ0n) is 17.5. The summed E-state index contributed by atoms with van der Waals surface area (Å²) in [6, 6.07) is 12.9. The fourth-order valence-electron chi connectivity index (χ4n) is 3.38. The van der Waals surface area contributed by atoms with Crippen molar-refractivity contribution in [1.29, 1.82) is 0 Å². The highest BCUT2D eigenvalue weighted by Gasteiger charge is 2.24. The molecule has 0 heterocycles. The number of carbonyl (C=O) groups is 2. The highest BCUT2D eigenvalue weighted by molar-refractivity contribution is 5.91. The van der Waals surface area contributed by atoms with Crippen molar-refractivity contribution in [2.45, 2.75) is 59.3 Å². The van der Waals surface area contributed by atoms with E-state index < -0.39 is 5.97 Å². The molecule has 0 aliphatic heterocycles. The van der Waals surface area contributed by atoms with Crippen LogP contribution < -0.4 is 4.74 Å². The van der Waals surface area contributed by atoms with Crippen LogP contribution in [-0.2, 0) is 21.4 Å². The molecular weight excluding hydrogens is 352 g/mol. The first-order valence-corrected chi connectivity index (χ1v) is 9.85. The average Bonchev–Trinajstić information content (AvgIpc) is 2.65. The number of ether oxygens (including phenoxy) is 2. The summed E-state index contributed by atoms with van der Waals surface area (Å²) in [7, 11) is 0. The predicted molar refractivity (Wildman–Crippen MR) is 111 cm³/mol. The third kappa shape index (κ3) is 5.44. The van der Waals surface area contributed by atoms with Gasteiger partial charge in [0.25, 0.3) is 0 Å². The summed E-state index contributed by atoms with van der Waals surface area (Å²) in [6.45, 7) is 10.5. The second-order valence-corrected chi connectivity index (χ2v) is 7.65. The molecule has 28 heavy (non-hydrogen) atoms. The van der Waals surface area contributed by atoms with Crippen molar-refractivity contribution in [3.8, 4) is 5.75 Å². The van der Waals surface area contributed by atoms with E-state index in [0.29, 0.717) is 23.5 Å². The summed E-state index contributed by atoms with van der Waals surface area (Å²) in [5.74, 6) is -0.323. The minimum Gasteiger partial charge on any atom is -0.466 e. The lowest BCUT2D eigenvalue weighted by Gasteiger charge is -2.27. The lowest BCUT2D eigenvalue weighted by Crippen LogP contribution is -2.19. The number of carbonyl (C=O) groups excluding carboxylic acids is 2. The molecule has 0 unspecified atom stereocenters. The number of benzene rings is 2. The average molecular weight is 383 g/mol. The molecule has 0 aliphatic rings. The number of rotatable bonds is 8. The maximum atomic E-state index is 12.6. The maximum absolute atomic E-state index is 12.6. The Morgan fingerprint density at radius 3 is 2.32 bits per heavy atom. The van der Waals surface area contributed by atoms with E-state index >= 15 is 0 Å². The topological polar surface area (TPSA) is 52.6 Å². The second-order valence-electron chi connectivity index (χ2n) is 7.65. The Hall–Kier alpha value is -2.62. The van der Waals surface area contributed by atoms with Gasteiger partial charge < -0.3 is 9.47 Å². The molecule has 0 fully saturated rings. The van der Waals surface area contributed by atoms with Crippen LogP contribution in [-0.4, -0.2) is 18.5 Å². The number of hydrogen-bond donors (Lipinski definition) is 0. The Morgan fingerprint density at radius 2 is 1.71 bits per heavy atom. The lowest BCUT2D eigenvalue weighted by molar-refractivity contribution is -0.142. The lowest BCUT2D eigenvalue weighted by atomic mass is 9.79. The number of aryl methyl sites for hydroxylation is 1. The summed E-state index contributed by atoms with van der Waals surface area (Å²) in [5.41, 5.74) is 3.09. The smallest absolute Gasteiger partial charge is 0.343 e. The van der Waals surface area contributed by atoms with Crippen molar-refractivity contribution < 1.29 is 19.1 Å². The van der Waals surface area contributed by atoms with Crippen LogP contribution >= 0.6 is 0 Å². The normalized spacial score (nSPS) is 11.2. The predicted octanol–water partition coefficient (Wildman–Crippen LogP) is 5.40. The zero-order chi connectivity index (χ0) is 20.7. The molecule has 0 amide bonds. The standard InChI is InChI=1S/C24H30O4/c1-6-13-24(4,5)20-14-17(3)22(19(15-20)16-21(25)27-7-2)28-23(26)18-11-9-8-10-12-18/h8-12,14-15H,6-7,13,16H2,1-5H3. The molecule has 0 aromatic heterocycles. The first kappa shape index (κ1) is 21.7. The molecule has 0 spiro atoms. The van der Waals surface area contributed by atoms with E-state index in [-0.39, 0.29) is 17.8 Å². The fourth-order valence-corrected chi connectivity index (χ4v) is 3.38. The molecule has 0 radical (unpaired) electrons. The van der Waals surface area contributed by atoms with Gasteiger partial charge in [0.1, 0.15) is 5.75 Å². The molecule has 150 valence electrons. The van der Waals surface area contributed by atoms with E-state index in [1.54, 1.807) is 31.2 Å². The molecule has 4 heteroatoms. The molecular formula is C24H30O4. The quantitative estimate of drug-likeness (QED) is 0.453. The van der Waals surface area contributed by atoms with Crippen LogP contribution in [0.25, 0.3) is 0 Å². The Balaban J connectivity index is 2.44. The highest BCUT2D eigenvalue weighted by atomic mass is 16.5. The zero-order valence-corrected chi connectivity index (χ0v) is 17.5. The van der Waals surface area contributed by atoms with Gasteiger partial charge in [-0.15, -0.1) is 0 Å². The van der Waals surface area contributed by atoms with Gasteiger partial charge in [-0.1, -0.05) is 57.5 Å². The highest BCUT2D eigenvalue weighted by Crippen LogP contribution is 2.35. The van der Waals surface area contributed by atoms with Crippen LogP contribution in [0.5, 0.6) is 5.75 Å². The Morgan fingerprint density at radius 1 is 1.04 bits per heavy atom. The molecule has 4 nitrogen and oxygen atoms in total. The van der Waals surface area contributed by atoms with Gasteiger partial charge in [-0.3, -0.25) is 4.79 Å². The Labute approximate surface area is 167 Å². The molecule has 2 aromatic rings. The van der Waals surface area contributed by atoms with Gasteiger partial charge in [0, 0.05) is 5.56 Å². The van der Waals surface area contributed by atoms with Crippen LogP contribution in [0.2, 0.25) is 0 Å². The van der Waals surface area contributed by atoms with Crippen LogP contribution in [0.1, 0.15) is 67.6 Å². The molecule has 0 bridgehead atoms. The van der Waals surface area contributed by atoms with Gasteiger partial charge in [-0.25, -0.2) is 4.79 Å².